The molecule has 2 aliphatic rings. The van der Waals surface area contributed by atoms with Crippen molar-refractivity contribution in [1.82, 2.24) is 19.4 Å². The summed E-state index contributed by atoms with van der Waals surface area (Å²) < 4.78 is 30.2. The van der Waals surface area contributed by atoms with Gasteiger partial charge in [-0.25, -0.2) is 13.3 Å². The maximum absolute atomic E-state index is 14.5. The largest absolute Gasteiger partial charge is 0.364 e. The zero-order chi connectivity index (χ0) is 22.4. The van der Waals surface area contributed by atoms with Gasteiger partial charge in [0.25, 0.3) is 0 Å². The Morgan fingerprint density at radius 1 is 1.09 bits per heavy atom. The number of hydrogen-bond acceptors (Lipinski definition) is 4. The SMILES string of the molecule is CN(C)[C@H]1CCN(C=O)C1c1cnn2ccc(N3CCC[C@@H]3c3cc(F)ccc3F)cc12. The molecule has 2 fully saturated rings. The fourth-order valence-electron chi connectivity index (χ4n) is 5.41. The number of pyridine rings is 1. The molecule has 3 aromatic rings. The molecular weight excluding hydrogens is 412 g/mol. The zero-order valence-corrected chi connectivity index (χ0v) is 18.3. The Labute approximate surface area is 186 Å². The number of carbonyl (C=O) groups is 1. The smallest absolute Gasteiger partial charge is 0.210 e. The number of carbonyl (C=O) groups excluding carboxylic acids is 1. The number of fused-ring (bicyclic) bond motifs is 1. The summed E-state index contributed by atoms with van der Waals surface area (Å²) in [6, 6.07) is 7.61. The molecule has 3 atom stereocenters. The maximum atomic E-state index is 14.5. The molecule has 168 valence electrons. The molecule has 2 saturated heterocycles. The fraction of sp³-hybridized carbons (Fsp3) is 0.417. The Kier molecular flexibility index (Phi) is 5.33. The van der Waals surface area contributed by atoms with Crippen molar-refractivity contribution >= 4 is 17.6 Å². The van der Waals surface area contributed by atoms with E-state index >= 15 is 0 Å². The Morgan fingerprint density at radius 3 is 2.72 bits per heavy atom. The standard InChI is InChI=1S/C24H27F2N5O/c1-28(2)22-8-10-29(15-32)24(22)19-14-27-31-11-7-17(13-23(19)31)30-9-3-4-21(30)18-12-16(25)5-6-20(18)26/h5-7,11-15,21-22,24H,3-4,8-10H2,1-2H3/t21-,22+,24?/m1/s1. The molecule has 4 heterocycles. The average molecular weight is 440 g/mol. The van der Waals surface area contributed by atoms with Gasteiger partial charge in [0.1, 0.15) is 11.6 Å². The normalized spacial score (nSPS) is 23.6. The molecule has 1 unspecified atom stereocenters. The molecule has 0 spiro atoms. The minimum absolute atomic E-state index is 0.0784. The lowest BCUT2D eigenvalue weighted by molar-refractivity contribution is -0.119. The Morgan fingerprint density at radius 2 is 1.94 bits per heavy atom. The summed E-state index contributed by atoms with van der Waals surface area (Å²) in [7, 11) is 4.07. The molecule has 8 heteroatoms. The van der Waals surface area contributed by atoms with Crippen LogP contribution in [0.2, 0.25) is 0 Å². The molecule has 0 radical (unpaired) electrons. The number of halogens is 2. The number of benzene rings is 1. The van der Waals surface area contributed by atoms with E-state index < -0.39 is 5.82 Å². The molecule has 5 rings (SSSR count). The van der Waals surface area contributed by atoms with E-state index in [2.05, 4.69) is 21.0 Å². The number of rotatable bonds is 5. The van der Waals surface area contributed by atoms with Crippen molar-refractivity contribution in [1.29, 1.82) is 0 Å². The van der Waals surface area contributed by atoms with E-state index in [0.717, 1.165) is 55.1 Å². The van der Waals surface area contributed by atoms with Crippen molar-refractivity contribution in [3.8, 4) is 0 Å². The first kappa shape index (κ1) is 20.9. The summed E-state index contributed by atoms with van der Waals surface area (Å²) in [5, 5.41) is 4.52. The zero-order valence-electron chi connectivity index (χ0n) is 18.3. The molecule has 1 aromatic carbocycles. The second kappa shape index (κ2) is 8.16. The van der Waals surface area contributed by atoms with E-state index in [9.17, 15) is 13.6 Å². The van der Waals surface area contributed by atoms with Crippen molar-refractivity contribution in [2.75, 3.05) is 32.1 Å². The van der Waals surface area contributed by atoms with Gasteiger partial charge in [0.15, 0.2) is 0 Å². The van der Waals surface area contributed by atoms with E-state index in [4.69, 9.17) is 0 Å². The van der Waals surface area contributed by atoms with Crippen molar-refractivity contribution in [2.24, 2.45) is 0 Å². The topological polar surface area (TPSA) is 44.1 Å². The highest BCUT2D eigenvalue weighted by atomic mass is 19.1. The lowest BCUT2D eigenvalue weighted by Gasteiger charge is -2.30. The van der Waals surface area contributed by atoms with Crippen molar-refractivity contribution in [3.63, 3.8) is 0 Å². The summed E-state index contributed by atoms with van der Waals surface area (Å²) in [5.74, 6) is -0.803. The average Bonchev–Trinajstić information content (AvgIpc) is 3.52. The van der Waals surface area contributed by atoms with Gasteiger partial charge in [0.2, 0.25) is 6.41 Å². The molecule has 2 aromatic heterocycles. The molecule has 1 amide bonds. The van der Waals surface area contributed by atoms with Crippen LogP contribution in [0, 0.1) is 11.6 Å². The third-order valence-corrected chi connectivity index (χ3v) is 6.96. The predicted molar refractivity (Wildman–Crippen MR) is 118 cm³/mol. The first-order chi connectivity index (χ1) is 15.5. The van der Waals surface area contributed by atoms with Crippen LogP contribution in [0.15, 0.2) is 42.7 Å². The molecule has 32 heavy (non-hydrogen) atoms. The third kappa shape index (κ3) is 3.43. The number of nitrogens with zero attached hydrogens (tertiary/aromatic N) is 5. The van der Waals surface area contributed by atoms with E-state index in [0.29, 0.717) is 12.1 Å². The third-order valence-electron chi connectivity index (χ3n) is 6.96. The van der Waals surface area contributed by atoms with Crippen molar-refractivity contribution in [2.45, 2.75) is 37.4 Å². The van der Waals surface area contributed by atoms with Crippen LogP contribution in [0.1, 0.15) is 42.5 Å². The van der Waals surface area contributed by atoms with Gasteiger partial charge in [-0.3, -0.25) is 4.79 Å². The van der Waals surface area contributed by atoms with Gasteiger partial charge >= 0.3 is 0 Å². The van der Waals surface area contributed by atoms with Gasteiger partial charge in [0, 0.05) is 42.1 Å². The maximum Gasteiger partial charge on any atom is 0.210 e. The molecule has 0 bridgehead atoms. The monoisotopic (exact) mass is 439 g/mol. The van der Waals surface area contributed by atoms with Crippen molar-refractivity contribution in [3.05, 3.63) is 65.5 Å². The van der Waals surface area contributed by atoms with Crippen LogP contribution in [-0.2, 0) is 4.79 Å². The van der Waals surface area contributed by atoms with E-state index in [1.807, 2.05) is 42.0 Å². The van der Waals surface area contributed by atoms with Crippen LogP contribution in [0.5, 0.6) is 0 Å². The number of amides is 1. The van der Waals surface area contributed by atoms with Crippen LogP contribution < -0.4 is 4.90 Å². The second-order valence-electron chi connectivity index (χ2n) is 8.94. The summed E-state index contributed by atoms with van der Waals surface area (Å²) in [6.45, 7) is 1.48. The van der Waals surface area contributed by atoms with E-state index in [1.165, 1.54) is 12.1 Å². The summed E-state index contributed by atoms with van der Waals surface area (Å²) in [6.07, 6.45) is 7.24. The Balaban J connectivity index is 1.55. The van der Waals surface area contributed by atoms with Gasteiger partial charge in [-0.2, -0.15) is 5.10 Å². The molecule has 6 nitrogen and oxygen atoms in total. The second-order valence-corrected chi connectivity index (χ2v) is 8.94. The van der Waals surface area contributed by atoms with Gasteiger partial charge < -0.3 is 14.7 Å². The minimum atomic E-state index is -0.424. The quantitative estimate of drug-likeness (QED) is 0.568. The van der Waals surface area contributed by atoms with Gasteiger partial charge in [-0.15, -0.1) is 0 Å². The van der Waals surface area contributed by atoms with E-state index in [-0.39, 0.29) is 23.9 Å². The number of likely N-dealkylation sites (tertiary alicyclic amines) is 1. The van der Waals surface area contributed by atoms with Crippen molar-refractivity contribution < 1.29 is 13.6 Å². The summed E-state index contributed by atoms with van der Waals surface area (Å²) in [5.41, 5.74) is 3.27. The molecular formula is C24H27F2N5O. The molecule has 0 N–H and O–H groups in total. The van der Waals surface area contributed by atoms with Crippen LogP contribution in [0.3, 0.4) is 0 Å². The molecule has 0 aliphatic carbocycles. The lowest BCUT2D eigenvalue weighted by Crippen LogP contribution is -2.34. The van der Waals surface area contributed by atoms with Crippen LogP contribution in [0.25, 0.3) is 5.52 Å². The Bertz CT molecular complexity index is 1150. The predicted octanol–water partition coefficient (Wildman–Crippen LogP) is 3.79. The molecule has 2 aliphatic heterocycles. The highest BCUT2D eigenvalue weighted by Gasteiger charge is 2.38. The van der Waals surface area contributed by atoms with Crippen LogP contribution in [0.4, 0.5) is 14.5 Å². The fourth-order valence-corrected chi connectivity index (χ4v) is 5.41. The van der Waals surface area contributed by atoms with Crippen LogP contribution >= 0.6 is 0 Å². The van der Waals surface area contributed by atoms with Gasteiger partial charge in [0.05, 0.1) is 23.8 Å². The molecule has 0 saturated carbocycles. The first-order valence-corrected chi connectivity index (χ1v) is 11.0. The minimum Gasteiger partial charge on any atom is -0.364 e. The number of aromatic nitrogens is 2. The van der Waals surface area contributed by atoms with Gasteiger partial charge in [-0.1, -0.05) is 0 Å². The first-order valence-electron chi connectivity index (χ1n) is 11.0. The summed E-state index contributed by atoms with van der Waals surface area (Å²) in [4.78, 5) is 17.9. The number of likely N-dealkylation sites (N-methyl/N-ethyl adjacent to an activating group) is 1. The Hall–Kier alpha value is -3.00. The van der Waals surface area contributed by atoms with E-state index in [1.54, 1.807) is 0 Å². The number of anilines is 1. The van der Waals surface area contributed by atoms with Gasteiger partial charge in [-0.05, 0) is 63.7 Å². The highest BCUT2D eigenvalue weighted by molar-refractivity contribution is 5.66. The number of hydrogen-bond donors (Lipinski definition) is 0. The lowest BCUT2D eigenvalue weighted by atomic mass is 10.00. The highest BCUT2D eigenvalue weighted by Crippen LogP contribution is 2.40. The summed E-state index contributed by atoms with van der Waals surface area (Å²) >= 11 is 0. The van der Waals surface area contributed by atoms with Crippen LogP contribution in [-0.4, -0.2) is 59.1 Å².